The Bertz CT molecular complexity index is 1340. The maximum absolute atomic E-state index is 13.4. The number of hydrogen-bond donors (Lipinski definition) is 2. The zero-order chi connectivity index (χ0) is 26.6. The highest BCUT2D eigenvalue weighted by Crippen LogP contribution is 2.29. The molecule has 0 bridgehead atoms. The maximum Gasteiger partial charge on any atom is 0.265 e. The molecule has 0 aliphatic carbocycles. The molecule has 2 aromatic rings. The smallest absolute Gasteiger partial charge is 0.265 e. The highest BCUT2D eigenvalue weighted by Gasteiger charge is 2.37. The van der Waals surface area contributed by atoms with Crippen molar-refractivity contribution >= 4 is 40.4 Å². The summed E-state index contributed by atoms with van der Waals surface area (Å²) in [5.74, 6) is -1.65. The Morgan fingerprint density at radius 1 is 1.25 bits per heavy atom. The minimum Gasteiger partial charge on any atom is -0.366 e. The van der Waals surface area contributed by atoms with Gasteiger partial charge < -0.3 is 16.0 Å². The first-order valence-corrected chi connectivity index (χ1v) is 11.8. The van der Waals surface area contributed by atoms with Crippen LogP contribution in [0.25, 0.3) is 11.0 Å². The summed E-state index contributed by atoms with van der Waals surface area (Å²) in [5, 5.41) is 3.54. The molecule has 2 aromatic heterocycles. The van der Waals surface area contributed by atoms with E-state index in [9.17, 15) is 19.2 Å². The number of hydrogen-bond acceptors (Lipinski definition) is 5. The average Bonchev–Trinajstić information content (AvgIpc) is 2.80. The molecule has 36 heavy (non-hydrogen) atoms. The summed E-state index contributed by atoms with van der Waals surface area (Å²) < 4.78 is 1.13. The third-order valence-electron chi connectivity index (χ3n) is 5.87. The SMILES string of the molecule is C=CC(=CC=C(C)Cl)CCNC(=O)c1cc2c(C(N)=O)ccnc2n(CC(=O)N2CC(C)(C)C2)c1=O. The van der Waals surface area contributed by atoms with Gasteiger partial charge in [0, 0.05) is 36.2 Å². The Morgan fingerprint density at radius 2 is 1.94 bits per heavy atom. The molecule has 0 unspecified atom stereocenters. The van der Waals surface area contributed by atoms with Gasteiger partial charge in [0.1, 0.15) is 17.8 Å². The highest BCUT2D eigenvalue weighted by molar-refractivity contribution is 6.29. The first kappa shape index (κ1) is 26.9. The van der Waals surface area contributed by atoms with Gasteiger partial charge in [-0.3, -0.25) is 23.7 Å². The van der Waals surface area contributed by atoms with E-state index in [4.69, 9.17) is 17.3 Å². The minimum absolute atomic E-state index is 0.0127. The van der Waals surface area contributed by atoms with Crippen LogP contribution in [0.2, 0.25) is 0 Å². The molecule has 3 N–H and O–H groups in total. The highest BCUT2D eigenvalue weighted by atomic mass is 35.5. The van der Waals surface area contributed by atoms with E-state index in [-0.39, 0.29) is 46.6 Å². The van der Waals surface area contributed by atoms with Crippen LogP contribution in [0.15, 0.2) is 58.5 Å². The van der Waals surface area contributed by atoms with E-state index in [1.165, 1.54) is 18.3 Å². The molecule has 1 fully saturated rings. The van der Waals surface area contributed by atoms with Gasteiger partial charge in [0.2, 0.25) is 11.8 Å². The lowest BCUT2D eigenvalue weighted by molar-refractivity contribution is -0.142. The average molecular weight is 512 g/mol. The van der Waals surface area contributed by atoms with Crippen LogP contribution in [-0.4, -0.2) is 51.8 Å². The lowest BCUT2D eigenvalue weighted by Gasteiger charge is -2.45. The van der Waals surface area contributed by atoms with Gasteiger partial charge in [-0.15, -0.1) is 0 Å². The topological polar surface area (TPSA) is 127 Å². The van der Waals surface area contributed by atoms with Crippen LogP contribution in [0, 0.1) is 5.41 Å². The molecule has 0 radical (unpaired) electrons. The second-order valence-corrected chi connectivity index (χ2v) is 10.1. The molecule has 0 saturated carbocycles. The molecule has 1 aliphatic heterocycles. The predicted octanol–water partition coefficient (Wildman–Crippen LogP) is 2.74. The van der Waals surface area contributed by atoms with E-state index in [2.05, 4.69) is 16.9 Å². The molecule has 190 valence electrons. The van der Waals surface area contributed by atoms with Crippen molar-refractivity contribution < 1.29 is 14.4 Å². The van der Waals surface area contributed by atoms with Crippen LogP contribution in [0.1, 0.15) is 47.9 Å². The Morgan fingerprint density at radius 3 is 2.53 bits per heavy atom. The van der Waals surface area contributed by atoms with Gasteiger partial charge in [-0.05, 0) is 42.5 Å². The van der Waals surface area contributed by atoms with E-state index in [0.717, 1.165) is 10.1 Å². The lowest BCUT2D eigenvalue weighted by Crippen LogP contribution is -2.56. The number of allylic oxidation sites excluding steroid dienone is 4. The van der Waals surface area contributed by atoms with Gasteiger partial charge in [0.15, 0.2) is 0 Å². The van der Waals surface area contributed by atoms with E-state index < -0.39 is 17.4 Å². The van der Waals surface area contributed by atoms with Crippen LogP contribution in [0.4, 0.5) is 0 Å². The van der Waals surface area contributed by atoms with Crippen molar-refractivity contribution in [2.75, 3.05) is 19.6 Å². The Balaban J connectivity index is 1.94. The van der Waals surface area contributed by atoms with E-state index in [1.54, 1.807) is 30.1 Å². The van der Waals surface area contributed by atoms with E-state index in [1.807, 2.05) is 13.8 Å². The van der Waals surface area contributed by atoms with Gasteiger partial charge in [-0.25, -0.2) is 4.98 Å². The summed E-state index contributed by atoms with van der Waals surface area (Å²) in [5.41, 5.74) is 5.70. The lowest BCUT2D eigenvalue weighted by atomic mass is 9.84. The summed E-state index contributed by atoms with van der Waals surface area (Å²) in [7, 11) is 0. The molecule has 3 heterocycles. The quantitative estimate of drug-likeness (QED) is 0.500. The summed E-state index contributed by atoms with van der Waals surface area (Å²) in [4.78, 5) is 57.2. The van der Waals surface area contributed by atoms with Gasteiger partial charge in [0.05, 0.1) is 5.56 Å². The number of likely N-dealkylation sites (tertiary alicyclic amines) is 1. The number of nitrogens with one attached hydrogen (secondary N) is 1. The number of pyridine rings is 2. The Kier molecular flexibility index (Phi) is 8.14. The monoisotopic (exact) mass is 511 g/mol. The molecular formula is C26H30ClN5O4. The number of fused-ring (bicyclic) bond motifs is 1. The largest absolute Gasteiger partial charge is 0.366 e. The zero-order valence-electron chi connectivity index (χ0n) is 20.6. The predicted molar refractivity (Wildman–Crippen MR) is 140 cm³/mol. The fourth-order valence-corrected chi connectivity index (χ4v) is 4.14. The third-order valence-corrected chi connectivity index (χ3v) is 6.00. The number of rotatable bonds is 9. The Labute approximate surface area is 214 Å². The first-order valence-electron chi connectivity index (χ1n) is 11.5. The summed E-state index contributed by atoms with van der Waals surface area (Å²) in [6.45, 7) is 10.6. The molecule has 3 amide bonds. The molecule has 10 heteroatoms. The molecule has 3 rings (SSSR count). The van der Waals surface area contributed by atoms with Crippen molar-refractivity contribution in [2.24, 2.45) is 11.1 Å². The van der Waals surface area contributed by atoms with Crippen molar-refractivity contribution in [2.45, 2.75) is 33.7 Å². The van der Waals surface area contributed by atoms with Crippen molar-refractivity contribution in [1.29, 1.82) is 0 Å². The molecule has 1 saturated heterocycles. The van der Waals surface area contributed by atoms with Gasteiger partial charge in [0.25, 0.3) is 11.5 Å². The van der Waals surface area contributed by atoms with E-state index in [0.29, 0.717) is 24.5 Å². The number of carbonyl (C=O) groups excluding carboxylic acids is 3. The van der Waals surface area contributed by atoms with Gasteiger partial charge >= 0.3 is 0 Å². The second-order valence-electron chi connectivity index (χ2n) is 9.53. The van der Waals surface area contributed by atoms with Crippen LogP contribution in [0.3, 0.4) is 0 Å². The summed E-state index contributed by atoms with van der Waals surface area (Å²) in [6, 6.07) is 2.71. The van der Waals surface area contributed by atoms with Gasteiger partial charge in [-0.2, -0.15) is 0 Å². The van der Waals surface area contributed by atoms with Crippen LogP contribution >= 0.6 is 11.6 Å². The zero-order valence-corrected chi connectivity index (χ0v) is 21.4. The summed E-state index contributed by atoms with van der Waals surface area (Å²) >= 11 is 5.85. The number of nitrogens with zero attached hydrogens (tertiary/aromatic N) is 3. The fraction of sp³-hybridized carbons (Fsp3) is 0.346. The number of nitrogens with two attached hydrogens (primary N) is 1. The standard InChI is InChI=1S/C26H30ClN5O4/c1-5-17(7-6-16(2)27)8-10-30-24(35)20-12-19-18(22(28)34)9-11-29-23(19)32(25(20)36)13-21(33)31-14-26(3,4)15-31/h5-7,9,11-12H,1,8,10,13-15H2,2-4H3,(H2,28,34)(H,30,35). The number of amides is 3. The van der Waals surface area contributed by atoms with Crippen molar-refractivity contribution in [3.05, 3.63) is 75.2 Å². The minimum atomic E-state index is -0.738. The van der Waals surface area contributed by atoms with Crippen molar-refractivity contribution in [3.8, 4) is 0 Å². The van der Waals surface area contributed by atoms with Crippen LogP contribution in [-0.2, 0) is 11.3 Å². The molecular weight excluding hydrogens is 482 g/mol. The van der Waals surface area contributed by atoms with Crippen LogP contribution in [0.5, 0.6) is 0 Å². The number of halogens is 1. The second kappa shape index (κ2) is 10.9. The normalized spacial score (nSPS) is 15.4. The third kappa shape index (κ3) is 6.09. The van der Waals surface area contributed by atoms with Crippen molar-refractivity contribution in [3.63, 3.8) is 0 Å². The number of aromatic nitrogens is 2. The molecule has 0 spiro atoms. The van der Waals surface area contributed by atoms with Crippen molar-refractivity contribution in [1.82, 2.24) is 19.8 Å². The molecule has 0 atom stereocenters. The van der Waals surface area contributed by atoms with Gasteiger partial charge in [-0.1, -0.05) is 44.2 Å². The fourth-order valence-electron chi connectivity index (χ4n) is 4.08. The van der Waals surface area contributed by atoms with Crippen LogP contribution < -0.4 is 16.6 Å². The Hall–Kier alpha value is -3.72. The molecule has 0 aromatic carbocycles. The molecule has 1 aliphatic rings. The van der Waals surface area contributed by atoms with E-state index >= 15 is 0 Å². The molecule has 9 nitrogen and oxygen atoms in total. The number of primary amides is 1. The maximum atomic E-state index is 13.4. The first-order chi connectivity index (χ1) is 16.9. The number of carbonyl (C=O) groups is 3. The summed E-state index contributed by atoms with van der Waals surface area (Å²) in [6.07, 6.45) is 6.96.